The second-order valence-corrected chi connectivity index (χ2v) is 10.2. The number of hydrazone groups is 1. The minimum absolute atomic E-state index is 0.0612. The molecular formula is C28H28N4O4S. The molecule has 0 atom stereocenters. The van der Waals surface area contributed by atoms with Crippen LogP contribution in [0.5, 0.6) is 0 Å². The largest absolute Gasteiger partial charge is 0.462 e. The molecule has 0 amide bonds. The van der Waals surface area contributed by atoms with Crippen LogP contribution in [0.15, 0.2) is 89.1 Å². The van der Waals surface area contributed by atoms with Crippen LogP contribution in [0.25, 0.3) is 22.3 Å². The van der Waals surface area contributed by atoms with Gasteiger partial charge < -0.3 is 15.1 Å². The first-order valence-electron chi connectivity index (χ1n) is 11.6. The fourth-order valence-corrected chi connectivity index (χ4v) is 4.96. The van der Waals surface area contributed by atoms with Gasteiger partial charge in [0.15, 0.2) is 0 Å². The number of rotatable bonds is 8. The maximum atomic E-state index is 12.8. The molecule has 0 unspecified atom stereocenters. The number of aromatic nitrogens is 1. The van der Waals surface area contributed by atoms with Crippen molar-refractivity contribution >= 4 is 22.2 Å². The number of primary sulfonamides is 1. The Hall–Kier alpha value is -4.21. The zero-order chi connectivity index (χ0) is 26.6. The first-order valence-corrected chi connectivity index (χ1v) is 13.2. The number of ether oxygens (including phenoxy) is 1. The highest BCUT2D eigenvalue weighted by atomic mass is 32.2. The number of sulfonamides is 1. The number of esters is 1. The maximum Gasteiger partial charge on any atom is 0.340 e. The smallest absolute Gasteiger partial charge is 0.340 e. The summed E-state index contributed by atoms with van der Waals surface area (Å²) < 4.78 is 31.5. The Labute approximate surface area is 216 Å². The molecule has 0 radical (unpaired) electrons. The molecular weight excluding hydrogens is 488 g/mol. The Morgan fingerprint density at radius 1 is 1.00 bits per heavy atom. The fourth-order valence-electron chi connectivity index (χ4n) is 4.22. The van der Waals surface area contributed by atoms with Gasteiger partial charge in [0.25, 0.3) is 0 Å². The van der Waals surface area contributed by atoms with E-state index in [4.69, 9.17) is 15.7 Å². The Morgan fingerprint density at radius 2 is 1.70 bits per heavy atom. The summed E-state index contributed by atoms with van der Waals surface area (Å²) in [5.41, 5.74) is 5.97. The van der Waals surface area contributed by atoms with Crippen molar-refractivity contribution in [2.75, 3.05) is 6.61 Å². The van der Waals surface area contributed by atoms with E-state index < -0.39 is 16.0 Å². The highest BCUT2D eigenvalue weighted by molar-refractivity contribution is 7.89. The van der Waals surface area contributed by atoms with Gasteiger partial charge in [-0.25, -0.2) is 18.4 Å². The van der Waals surface area contributed by atoms with E-state index in [2.05, 4.69) is 5.10 Å². The van der Waals surface area contributed by atoms with Crippen molar-refractivity contribution in [3.8, 4) is 22.3 Å². The second kappa shape index (κ2) is 10.8. The van der Waals surface area contributed by atoms with Crippen LogP contribution in [0.1, 0.15) is 34.0 Å². The first-order chi connectivity index (χ1) is 17.7. The van der Waals surface area contributed by atoms with Crippen molar-refractivity contribution in [3.05, 3.63) is 101 Å². The summed E-state index contributed by atoms with van der Waals surface area (Å²) in [6, 6.07) is 20.1. The third-order valence-corrected chi connectivity index (χ3v) is 6.83. The number of aryl methyl sites for hydroxylation is 1. The summed E-state index contributed by atoms with van der Waals surface area (Å²) in [5, 5.41) is 9.02. The molecule has 0 aliphatic rings. The Morgan fingerprint density at radius 3 is 2.35 bits per heavy atom. The monoisotopic (exact) mass is 516 g/mol. The van der Waals surface area contributed by atoms with Crippen molar-refractivity contribution in [2.45, 2.75) is 25.3 Å². The molecule has 1 heterocycles. The van der Waals surface area contributed by atoms with Gasteiger partial charge in [-0.1, -0.05) is 60.2 Å². The number of carbonyl (C=O) groups excluding carboxylic acids is 1. The number of nitrogens with two attached hydrogens (primary N) is 2. The quantitative estimate of drug-likeness (QED) is 0.156. The fraction of sp³-hybridized carbons (Fsp3) is 0.143. The molecule has 0 saturated carbocycles. The molecule has 8 nitrogen and oxygen atoms in total. The molecule has 0 aliphatic heterocycles. The minimum atomic E-state index is -3.90. The Bertz CT molecular complexity index is 1570. The van der Waals surface area contributed by atoms with E-state index in [1.54, 1.807) is 31.5 Å². The standard InChI is InChI=1S/C28H28N4O4S/c1-3-36-28(33)26-18-32(16-21-6-4-5-20(14-21)15-31-29)17-25(26)23-10-8-22(9-11-23)24-13-19(2)7-12-27(24)37(30,34)35/h4-15,17-18H,3,16,29H2,1-2H3,(H2,30,34,35)/b31-15-. The van der Waals surface area contributed by atoms with Crippen molar-refractivity contribution in [3.63, 3.8) is 0 Å². The topological polar surface area (TPSA) is 130 Å². The summed E-state index contributed by atoms with van der Waals surface area (Å²) >= 11 is 0. The number of nitrogens with zero attached hydrogens (tertiary/aromatic N) is 2. The van der Waals surface area contributed by atoms with Crippen molar-refractivity contribution in [1.82, 2.24) is 4.57 Å². The van der Waals surface area contributed by atoms with Gasteiger partial charge in [0.2, 0.25) is 10.0 Å². The lowest BCUT2D eigenvalue weighted by atomic mass is 9.99. The van der Waals surface area contributed by atoms with E-state index >= 15 is 0 Å². The highest BCUT2D eigenvalue weighted by Crippen LogP contribution is 2.32. The molecule has 190 valence electrons. The third kappa shape index (κ3) is 5.96. The van der Waals surface area contributed by atoms with E-state index in [0.717, 1.165) is 22.3 Å². The zero-order valence-electron chi connectivity index (χ0n) is 20.6. The van der Waals surface area contributed by atoms with E-state index in [1.807, 2.05) is 66.2 Å². The lowest BCUT2D eigenvalue weighted by Gasteiger charge is -2.10. The molecule has 0 spiro atoms. The van der Waals surface area contributed by atoms with Gasteiger partial charge in [0.1, 0.15) is 0 Å². The van der Waals surface area contributed by atoms with Gasteiger partial charge in [-0.05, 0) is 48.2 Å². The van der Waals surface area contributed by atoms with Crippen molar-refractivity contribution in [1.29, 1.82) is 0 Å². The molecule has 3 aromatic carbocycles. The number of carbonyl (C=O) groups is 1. The maximum absolute atomic E-state index is 12.8. The Kier molecular flexibility index (Phi) is 7.56. The van der Waals surface area contributed by atoms with Crippen LogP contribution in [0.2, 0.25) is 0 Å². The number of benzene rings is 3. The SMILES string of the molecule is CCOC(=O)c1cn(Cc2cccc(/C=N\N)c2)cc1-c1ccc(-c2cc(C)ccc2S(N)(=O)=O)cc1. The average Bonchev–Trinajstić information content (AvgIpc) is 3.28. The molecule has 1 aromatic heterocycles. The highest BCUT2D eigenvalue weighted by Gasteiger charge is 2.19. The van der Waals surface area contributed by atoms with Crippen LogP contribution in [-0.2, 0) is 21.3 Å². The summed E-state index contributed by atoms with van der Waals surface area (Å²) in [6.45, 7) is 4.43. The molecule has 4 rings (SSSR count). The van der Waals surface area contributed by atoms with Gasteiger partial charge in [-0.15, -0.1) is 0 Å². The Balaban J connectivity index is 1.73. The van der Waals surface area contributed by atoms with Crippen molar-refractivity contribution in [2.24, 2.45) is 16.1 Å². The van der Waals surface area contributed by atoms with Gasteiger partial charge in [0, 0.05) is 30.1 Å². The molecule has 0 saturated heterocycles. The van der Waals surface area contributed by atoms with Gasteiger partial charge >= 0.3 is 5.97 Å². The van der Waals surface area contributed by atoms with Crippen molar-refractivity contribution < 1.29 is 17.9 Å². The second-order valence-electron chi connectivity index (χ2n) is 8.62. The summed E-state index contributed by atoms with van der Waals surface area (Å²) in [6.07, 6.45) is 5.24. The van der Waals surface area contributed by atoms with Gasteiger partial charge in [-0.3, -0.25) is 0 Å². The molecule has 37 heavy (non-hydrogen) atoms. The van der Waals surface area contributed by atoms with Gasteiger partial charge in [-0.2, -0.15) is 5.10 Å². The minimum Gasteiger partial charge on any atom is -0.462 e. The van der Waals surface area contributed by atoms with E-state index in [0.29, 0.717) is 28.8 Å². The average molecular weight is 517 g/mol. The molecule has 0 fully saturated rings. The van der Waals surface area contributed by atoms with Gasteiger partial charge in [0.05, 0.1) is 23.3 Å². The van der Waals surface area contributed by atoms with E-state index in [1.165, 1.54) is 6.07 Å². The van der Waals surface area contributed by atoms with E-state index in [9.17, 15) is 13.2 Å². The van der Waals surface area contributed by atoms with Crippen LogP contribution < -0.4 is 11.0 Å². The van der Waals surface area contributed by atoms with Crippen LogP contribution >= 0.6 is 0 Å². The summed E-state index contributed by atoms with van der Waals surface area (Å²) in [5.74, 6) is 4.86. The van der Waals surface area contributed by atoms with Crippen LogP contribution in [-0.4, -0.2) is 31.8 Å². The first kappa shape index (κ1) is 25.9. The van der Waals surface area contributed by atoms with Crippen LogP contribution in [0.4, 0.5) is 0 Å². The predicted molar refractivity (Wildman–Crippen MR) is 145 cm³/mol. The molecule has 0 aliphatic carbocycles. The normalized spacial score (nSPS) is 11.6. The van der Waals surface area contributed by atoms with E-state index in [-0.39, 0.29) is 11.5 Å². The van der Waals surface area contributed by atoms with Crippen LogP contribution in [0, 0.1) is 6.92 Å². The summed E-state index contributed by atoms with van der Waals surface area (Å²) in [4.78, 5) is 12.8. The van der Waals surface area contributed by atoms with Crippen LogP contribution in [0.3, 0.4) is 0 Å². The third-order valence-electron chi connectivity index (χ3n) is 5.86. The molecule has 4 N–H and O–H groups in total. The molecule has 4 aromatic rings. The lowest BCUT2D eigenvalue weighted by Crippen LogP contribution is -2.13. The molecule has 0 bridgehead atoms. The molecule has 9 heteroatoms. The number of hydrogen-bond acceptors (Lipinski definition) is 6. The number of hydrogen-bond donors (Lipinski definition) is 2. The zero-order valence-corrected chi connectivity index (χ0v) is 21.4. The summed E-state index contributed by atoms with van der Waals surface area (Å²) in [7, 11) is -3.90. The lowest BCUT2D eigenvalue weighted by molar-refractivity contribution is 0.0527. The predicted octanol–water partition coefficient (Wildman–Crippen LogP) is 4.30.